The van der Waals surface area contributed by atoms with E-state index in [1.165, 1.54) is 10.4 Å². The van der Waals surface area contributed by atoms with Crippen molar-refractivity contribution in [2.75, 3.05) is 13.3 Å². The van der Waals surface area contributed by atoms with Crippen LogP contribution in [0.25, 0.3) is 6.08 Å². The average molecular weight is 460 g/mol. The molecule has 4 nitrogen and oxygen atoms in total. The molecule has 0 saturated heterocycles. The molecule has 0 radical (unpaired) electrons. The third-order valence-electron chi connectivity index (χ3n) is 6.33. The van der Waals surface area contributed by atoms with Crippen molar-refractivity contribution in [3.05, 3.63) is 86.3 Å². The zero-order valence-corrected chi connectivity index (χ0v) is 20.4. The number of hydrogen-bond acceptors (Lipinski definition) is 5. The first-order valence-electron chi connectivity index (χ1n) is 11.4. The number of rotatable bonds is 4. The molecule has 0 aliphatic carbocycles. The van der Waals surface area contributed by atoms with Crippen molar-refractivity contribution in [3.63, 3.8) is 0 Å². The topological polar surface area (TPSA) is 38.8 Å². The summed E-state index contributed by atoms with van der Waals surface area (Å²) in [6.45, 7) is 10.8. The van der Waals surface area contributed by atoms with Crippen LogP contribution < -0.4 is 9.47 Å². The van der Waals surface area contributed by atoms with Crippen molar-refractivity contribution in [2.45, 2.75) is 46.1 Å². The van der Waals surface area contributed by atoms with Gasteiger partial charge in [0.2, 0.25) is 5.78 Å². The van der Waals surface area contributed by atoms with Gasteiger partial charge in [0.25, 0.3) is 0 Å². The molecule has 0 atom stereocenters. The van der Waals surface area contributed by atoms with Gasteiger partial charge in [0.1, 0.15) is 18.2 Å². The molecule has 2 aromatic carbocycles. The minimum absolute atomic E-state index is 0.0634. The third kappa shape index (κ3) is 4.35. The van der Waals surface area contributed by atoms with Gasteiger partial charge in [0, 0.05) is 29.1 Å². The van der Waals surface area contributed by atoms with Crippen LogP contribution in [0.4, 0.5) is 0 Å². The summed E-state index contributed by atoms with van der Waals surface area (Å²) in [5.74, 6) is 1.79. The van der Waals surface area contributed by atoms with Gasteiger partial charge in [0.15, 0.2) is 5.76 Å². The smallest absolute Gasteiger partial charge is 0.231 e. The third-order valence-corrected chi connectivity index (χ3v) is 7.27. The molecule has 0 fully saturated rings. The van der Waals surface area contributed by atoms with E-state index >= 15 is 0 Å². The highest BCUT2D eigenvalue weighted by Gasteiger charge is 2.33. The Morgan fingerprint density at radius 2 is 1.91 bits per heavy atom. The lowest BCUT2D eigenvalue weighted by Crippen LogP contribution is -2.34. The average Bonchev–Trinajstić information content (AvgIpc) is 3.41. The Bertz CT molecular complexity index is 1220. The van der Waals surface area contributed by atoms with Crippen molar-refractivity contribution in [2.24, 2.45) is 0 Å². The van der Waals surface area contributed by atoms with Gasteiger partial charge in [-0.2, -0.15) is 0 Å². The summed E-state index contributed by atoms with van der Waals surface area (Å²) in [4.78, 5) is 16.8. The van der Waals surface area contributed by atoms with Gasteiger partial charge in [-0.15, -0.1) is 11.3 Å². The van der Waals surface area contributed by atoms with Crippen LogP contribution in [0.2, 0.25) is 0 Å². The summed E-state index contributed by atoms with van der Waals surface area (Å²) in [5.41, 5.74) is 4.90. The normalized spacial score (nSPS) is 17.0. The van der Waals surface area contributed by atoms with E-state index in [1.54, 1.807) is 11.3 Å². The largest absolute Gasteiger partial charge is 0.477 e. The molecule has 0 N–H and O–H groups in total. The molecule has 3 aromatic rings. The first-order valence-corrected chi connectivity index (χ1v) is 12.3. The Kier molecular flexibility index (Phi) is 5.63. The van der Waals surface area contributed by atoms with Crippen LogP contribution in [0, 0.1) is 6.92 Å². The van der Waals surface area contributed by atoms with Crippen LogP contribution >= 0.6 is 11.3 Å². The highest BCUT2D eigenvalue weighted by atomic mass is 32.1. The summed E-state index contributed by atoms with van der Waals surface area (Å²) in [6, 6.07) is 14.5. The van der Waals surface area contributed by atoms with Gasteiger partial charge in [-0.3, -0.25) is 9.69 Å². The molecule has 1 aromatic heterocycles. The fourth-order valence-corrected chi connectivity index (χ4v) is 5.09. The van der Waals surface area contributed by atoms with Crippen molar-refractivity contribution in [1.82, 2.24) is 4.90 Å². The minimum Gasteiger partial charge on any atom is -0.477 e. The van der Waals surface area contributed by atoms with E-state index < -0.39 is 0 Å². The second kappa shape index (κ2) is 8.47. The van der Waals surface area contributed by atoms with Crippen molar-refractivity contribution in [3.8, 4) is 11.5 Å². The molecule has 0 amide bonds. The monoisotopic (exact) mass is 459 g/mol. The lowest BCUT2D eigenvalue weighted by molar-refractivity contribution is 0.0956. The zero-order chi connectivity index (χ0) is 23.2. The molecule has 2 aliphatic rings. The number of carbonyl (C=O) groups excluding carboxylic acids is 1. The number of fused-ring (bicyclic) bond motifs is 2. The molecule has 0 bridgehead atoms. The molecular formula is C28H29NO3S. The van der Waals surface area contributed by atoms with Crippen molar-refractivity contribution < 1.29 is 14.3 Å². The molecule has 5 heteroatoms. The quantitative estimate of drug-likeness (QED) is 0.425. The maximum atomic E-state index is 13.2. The van der Waals surface area contributed by atoms with Crippen molar-refractivity contribution in [1.29, 1.82) is 0 Å². The van der Waals surface area contributed by atoms with Gasteiger partial charge >= 0.3 is 0 Å². The summed E-state index contributed by atoms with van der Waals surface area (Å²) in [7, 11) is 0. The van der Waals surface area contributed by atoms with Gasteiger partial charge < -0.3 is 9.47 Å². The number of carbonyl (C=O) groups is 1. The Balaban J connectivity index is 1.36. The number of thiophene rings is 1. The van der Waals surface area contributed by atoms with Crippen LogP contribution in [0.1, 0.15) is 58.3 Å². The summed E-state index contributed by atoms with van der Waals surface area (Å²) < 4.78 is 12.2. The summed E-state index contributed by atoms with van der Waals surface area (Å²) >= 11 is 1.78. The Hall–Kier alpha value is -2.89. The lowest BCUT2D eigenvalue weighted by atomic mass is 9.86. The van der Waals surface area contributed by atoms with Crippen molar-refractivity contribution >= 4 is 23.2 Å². The van der Waals surface area contributed by atoms with Crippen LogP contribution in [-0.2, 0) is 18.4 Å². The second-order valence-electron chi connectivity index (χ2n) is 9.83. The summed E-state index contributed by atoms with van der Waals surface area (Å²) in [5, 5.41) is 2.11. The highest BCUT2D eigenvalue weighted by molar-refractivity contribution is 7.09. The van der Waals surface area contributed by atoms with E-state index in [0.29, 0.717) is 23.8 Å². The molecular weight excluding hydrogens is 430 g/mol. The molecule has 5 rings (SSSR count). The molecule has 0 saturated carbocycles. The van der Waals surface area contributed by atoms with Gasteiger partial charge in [-0.25, -0.2) is 0 Å². The Labute approximate surface area is 199 Å². The number of allylic oxidation sites excluding steroid dienone is 1. The van der Waals surface area contributed by atoms with E-state index in [-0.39, 0.29) is 11.2 Å². The Morgan fingerprint density at radius 1 is 1.12 bits per heavy atom. The maximum Gasteiger partial charge on any atom is 0.231 e. The van der Waals surface area contributed by atoms with E-state index in [0.717, 1.165) is 42.0 Å². The van der Waals surface area contributed by atoms with Crippen LogP contribution in [0.3, 0.4) is 0 Å². The summed E-state index contributed by atoms with van der Waals surface area (Å²) in [6.07, 6.45) is 2.84. The van der Waals surface area contributed by atoms with Gasteiger partial charge in [-0.05, 0) is 53.5 Å². The molecule has 2 aliphatic heterocycles. The molecule has 0 unspecified atom stereocenters. The zero-order valence-electron chi connectivity index (χ0n) is 19.6. The number of Topliss-reactive ketones (excluding diaryl/α,β-unsaturated/α-hetero) is 1. The van der Waals surface area contributed by atoms with Gasteiger partial charge in [0.05, 0.1) is 5.56 Å². The first-order chi connectivity index (χ1) is 15.8. The molecule has 3 heterocycles. The van der Waals surface area contributed by atoms with Crippen LogP contribution in [-0.4, -0.2) is 24.0 Å². The van der Waals surface area contributed by atoms with E-state index in [1.807, 2.05) is 31.2 Å². The molecule has 170 valence electrons. The SMILES string of the molecule is Cc1c2c(cc3c1O/C(=C\c1ccc(C(C)(C)C)cc1)C3=O)CN(CCc1cccs1)CO2. The highest BCUT2D eigenvalue weighted by Crippen LogP contribution is 2.43. The Morgan fingerprint density at radius 3 is 2.61 bits per heavy atom. The number of benzene rings is 2. The fraction of sp³-hybridized carbons (Fsp3) is 0.321. The number of ketones is 1. The minimum atomic E-state index is -0.0634. The maximum absolute atomic E-state index is 13.2. The number of ether oxygens (including phenoxy) is 2. The fourth-order valence-electron chi connectivity index (χ4n) is 4.39. The standard InChI is InChI=1S/C28H29NO3S/c1-18-26-20(16-29(17-31-26)12-11-22-6-5-13-33-22)15-23-25(30)24(32-27(18)23)14-19-7-9-21(10-8-19)28(2,3)4/h5-10,13-15H,11-12,16-17H2,1-4H3/b24-14-. The van der Waals surface area contributed by atoms with E-state index in [9.17, 15) is 4.79 Å². The second-order valence-corrected chi connectivity index (χ2v) is 10.9. The predicted molar refractivity (Wildman–Crippen MR) is 133 cm³/mol. The lowest BCUT2D eigenvalue weighted by Gasteiger charge is -2.30. The number of nitrogens with zero attached hydrogens (tertiary/aromatic N) is 1. The first kappa shape index (κ1) is 21.9. The molecule has 0 spiro atoms. The van der Waals surface area contributed by atoms with Crippen LogP contribution in [0.15, 0.2) is 53.6 Å². The van der Waals surface area contributed by atoms with E-state index in [4.69, 9.17) is 9.47 Å². The number of hydrogen-bond donors (Lipinski definition) is 0. The van der Waals surface area contributed by atoms with Gasteiger partial charge in [-0.1, -0.05) is 51.1 Å². The predicted octanol–water partition coefficient (Wildman–Crippen LogP) is 6.36. The van der Waals surface area contributed by atoms with E-state index in [2.05, 4.69) is 55.3 Å². The molecule has 33 heavy (non-hydrogen) atoms. The van der Waals surface area contributed by atoms with Crippen LogP contribution in [0.5, 0.6) is 11.5 Å².